The quantitative estimate of drug-likeness (QED) is 0.677. The van der Waals surface area contributed by atoms with Crippen molar-refractivity contribution in [2.75, 3.05) is 21.2 Å². The fraction of sp³-hybridized carbons (Fsp3) is 0.409. The van der Waals surface area contributed by atoms with Gasteiger partial charge in [0.2, 0.25) is 15.9 Å². The summed E-state index contributed by atoms with van der Waals surface area (Å²) in [6, 6.07) is 12.7. The summed E-state index contributed by atoms with van der Waals surface area (Å²) in [5, 5.41) is 3.09. The van der Waals surface area contributed by atoms with Crippen molar-refractivity contribution in [1.29, 1.82) is 0 Å². The van der Waals surface area contributed by atoms with Crippen molar-refractivity contribution in [3.05, 3.63) is 59.2 Å². The van der Waals surface area contributed by atoms with Gasteiger partial charge in [-0.05, 0) is 54.7 Å². The van der Waals surface area contributed by atoms with Gasteiger partial charge in [0.05, 0.1) is 18.0 Å². The van der Waals surface area contributed by atoms with Crippen LogP contribution in [-0.4, -0.2) is 39.8 Å². The molecule has 0 spiro atoms. The minimum absolute atomic E-state index is 0.0500. The second-order valence-corrected chi connectivity index (χ2v) is 9.30. The summed E-state index contributed by atoms with van der Waals surface area (Å²) < 4.78 is 31.3. The van der Waals surface area contributed by atoms with Crippen LogP contribution in [0.15, 0.2) is 47.4 Å². The number of methoxy groups -OCH3 is 1. The molecule has 0 bridgehead atoms. The van der Waals surface area contributed by atoms with E-state index in [9.17, 15) is 13.2 Å². The van der Waals surface area contributed by atoms with E-state index < -0.39 is 10.0 Å². The first kappa shape index (κ1) is 22.9. The van der Waals surface area contributed by atoms with Crippen LogP contribution in [0.4, 0.5) is 0 Å². The molecule has 2 aromatic carbocycles. The van der Waals surface area contributed by atoms with E-state index >= 15 is 0 Å². The second-order valence-electron chi connectivity index (χ2n) is 7.15. The molecule has 158 valence electrons. The number of hydrogen-bond acceptors (Lipinski definition) is 4. The Bertz CT molecular complexity index is 955. The smallest absolute Gasteiger partial charge is 0.242 e. The van der Waals surface area contributed by atoms with Crippen LogP contribution in [-0.2, 0) is 21.2 Å². The van der Waals surface area contributed by atoms with E-state index in [1.807, 2.05) is 38.1 Å². The molecule has 6 nitrogen and oxygen atoms in total. The topological polar surface area (TPSA) is 75.7 Å². The fourth-order valence-corrected chi connectivity index (χ4v) is 4.17. The average Bonchev–Trinajstić information content (AvgIpc) is 2.70. The van der Waals surface area contributed by atoms with Crippen LogP contribution in [0.5, 0.6) is 5.75 Å². The van der Waals surface area contributed by atoms with Gasteiger partial charge in [0.1, 0.15) is 5.75 Å². The molecule has 29 heavy (non-hydrogen) atoms. The summed E-state index contributed by atoms with van der Waals surface area (Å²) in [7, 11) is 0.961. The largest absolute Gasteiger partial charge is 0.496 e. The van der Waals surface area contributed by atoms with Gasteiger partial charge in [-0.25, -0.2) is 12.7 Å². The van der Waals surface area contributed by atoms with Crippen molar-refractivity contribution in [2.24, 2.45) is 0 Å². The maximum Gasteiger partial charge on any atom is 0.242 e. The first-order chi connectivity index (χ1) is 13.7. The van der Waals surface area contributed by atoms with Gasteiger partial charge in [0.15, 0.2) is 0 Å². The molecule has 0 saturated carbocycles. The monoisotopic (exact) mass is 418 g/mol. The van der Waals surface area contributed by atoms with Crippen LogP contribution in [0.1, 0.15) is 42.5 Å². The van der Waals surface area contributed by atoms with Crippen molar-refractivity contribution in [3.63, 3.8) is 0 Å². The normalized spacial score (nSPS) is 12.6. The molecule has 1 N–H and O–H groups in total. The Morgan fingerprint density at radius 2 is 1.86 bits per heavy atom. The number of sulfonamides is 1. The minimum Gasteiger partial charge on any atom is -0.496 e. The molecule has 2 rings (SSSR count). The van der Waals surface area contributed by atoms with Gasteiger partial charge in [0.25, 0.3) is 0 Å². The molecular weight excluding hydrogens is 388 g/mol. The van der Waals surface area contributed by atoms with Crippen molar-refractivity contribution in [2.45, 2.75) is 44.0 Å². The second kappa shape index (κ2) is 9.89. The third-order valence-corrected chi connectivity index (χ3v) is 6.77. The molecule has 0 heterocycles. The van der Waals surface area contributed by atoms with E-state index in [4.69, 9.17) is 4.74 Å². The Kier molecular flexibility index (Phi) is 7.81. The molecule has 0 aromatic heterocycles. The maximum atomic E-state index is 12.6. The molecular formula is C22H30N2O4S. The van der Waals surface area contributed by atoms with E-state index in [1.165, 1.54) is 31.6 Å². The van der Waals surface area contributed by atoms with E-state index in [-0.39, 0.29) is 23.3 Å². The predicted molar refractivity (Wildman–Crippen MR) is 115 cm³/mol. The molecule has 0 aliphatic carbocycles. The van der Waals surface area contributed by atoms with Crippen LogP contribution in [0.2, 0.25) is 0 Å². The Balaban J connectivity index is 2.14. The Morgan fingerprint density at radius 3 is 2.45 bits per heavy atom. The lowest BCUT2D eigenvalue weighted by Crippen LogP contribution is -2.28. The number of aryl methyl sites for hydroxylation is 2. The minimum atomic E-state index is -3.55. The van der Waals surface area contributed by atoms with Crippen LogP contribution < -0.4 is 10.1 Å². The van der Waals surface area contributed by atoms with Crippen LogP contribution >= 0.6 is 0 Å². The molecule has 1 amide bonds. The molecule has 0 saturated heterocycles. The number of rotatable bonds is 9. The summed E-state index contributed by atoms with van der Waals surface area (Å²) in [6.07, 6.45) is 1.41. The van der Waals surface area contributed by atoms with Crippen LogP contribution in [0, 0.1) is 6.92 Å². The molecule has 0 radical (unpaired) electrons. The van der Waals surface area contributed by atoms with Crippen LogP contribution in [0.25, 0.3) is 0 Å². The molecule has 0 fully saturated rings. The SMILES string of the molecule is CCC(NC(=O)CCc1cc(S(=O)(=O)N(C)C)ccc1OC)c1ccccc1C. The van der Waals surface area contributed by atoms with Crippen molar-refractivity contribution in [3.8, 4) is 5.75 Å². The Morgan fingerprint density at radius 1 is 1.17 bits per heavy atom. The third kappa shape index (κ3) is 5.58. The van der Waals surface area contributed by atoms with Gasteiger partial charge in [-0.1, -0.05) is 31.2 Å². The number of benzene rings is 2. The Labute approximate surface area is 173 Å². The lowest BCUT2D eigenvalue weighted by Gasteiger charge is -2.20. The number of hydrogen-bond donors (Lipinski definition) is 1. The number of nitrogens with zero attached hydrogens (tertiary/aromatic N) is 1. The van der Waals surface area contributed by atoms with E-state index in [2.05, 4.69) is 5.32 Å². The van der Waals surface area contributed by atoms with E-state index in [0.29, 0.717) is 17.7 Å². The fourth-order valence-electron chi connectivity index (χ4n) is 3.21. The summed E-state index contributed by atoms with van der Waals surface area (Å²) in [5.74, 6) is 0.490. The summed E-state index contributed by atoms with van der Waals surface area (Å²) >= 11 is 0. The average molecular weight is 419 g/mol. The lowest BCUT2D eigenvalue weighted by molar-refractivity contribution is -0.121. The highest BCUT2D eigenvalue weighted by Gasteiger charge is 2.20. The van der Waals surface area contributed by atoms with E-state index in [1.54, 1.807) is 12.1 Å². The zero-order valence-corrected chi connectivity index (χ0v) is 18.5. The van der Waals surface area contributed by atoms with Gasteiger partial charge in [-0.3, -0.25) is 4.79 Å². The van der Waals surface area contributed by atoms with Gasteiger partial charge in [-0.2, -0.15) is 0 Å². The molecule has 1 unspecified atom stereocenters. The van der Waals surface area contributed by atoms with E-state index in [0.717, 1.165) is 17.5 Å². The summed E-state index contributed by atoms with van der Waals surface area (Å²) in [6.45, 7) is 4.07. The van der Waals surface area contributed by atoms with Crippen molar-refractivity contribution in [1.82, 2.24) is 9.62 Å². The van der Waals surface area contributed by atoms with Gasteiger partial charge >= 0.3 is 0 Å². The summed E-state index contributed by atoms with van der Waals surface area (Å²) in [4.78, 5) is 12.8. The lowest BCUT2D eigenvalue weighted by atomic mass is 9.99. The van der Waals surface area contributed by atoms with Crippen molar-refractivity contribution >= 4 is 15.9 Å². The van der Waals surface area contributed by atoms with Gasteiger partial charge in [0, 0.05) is 20.5 Å². The number of ether oxygens (including phenoxy) is 1. The first-order valence-corrected chi connectivity index (χ1v) is 11.1. The highest BCUT2D eigenvalue weighted by Crippen LogP contribution is 2.25. The Hall–Kier alpha value is -2.38. The maximum absolute atomic E-state index is 12.6. The first-order valence-electron chi connectivity index (χ1n) is 9.65. The molecule has 2 aromatic rings. The molecule has 0 aliphatic rings. The highest BCUT2D eigenvalue weighted by atomic mass is 32.2. The van der Waals surface area contributed by atoms with Crippen molar-refractivity contribution < 1.29 is 17.9 Å². The molecule has 1 atom stereocenters. The third-order valence-electron chi connectivity index (χ3n) is 4.96. The summed E-state index contributed by atoms with van der Waals surface area (Å²) in [5.41, 5.74) is 2.94. The zero-order chi connectivity index (χ0) is 21.6. The number of nitrogens with one attached hydrogen (secondary N) is 1. The number of carbonyl (C=O) groups excluding carboxylic acids is 1. The van der Waals surface area contributed by atoms with Crippen LogP contribution in [0.3, 0.4) is 0 Å². The zero-order valence-electron chi connectivity index (χ0n) is 17.7. The predicted octanol–water partition coefficient (Wildman–Crippen LogP) is 3.45. The van der Waals surface area contributed by atoms with Gasteiger partial charge in [-0.15, -0.1) is 0 Å². The standard InChI is InChI=1S/C22H30N2O4S/c1-6-20(19-10-8-7-9-16(19)2)23-22(25)14-11-17-15-18(12-13-21(17)28-5)29(26,27)24(3)4/h7-10,12-13,15,20H,6,11,14H2,1-5H3,(H,23,25). The highest BCUT2D eigenvalue weighted by molar-refractivity contribution is 7.89. The molecule has 7 heteroatoms. The number of carbonyl (C=O) groups is 1. The molecule has 0 aliphatic heterocycles. The van der Waals surface area contributed by atoms with Gasteiger partial charge < -0.3 is 10.1 Å². The number of amides is 1.